The minimum absolute atomic E-state index is 0.0387. The highest BCUT2D eigenvalue weighted by Gasteiger charge is 2.48. The van der Waals surface area contributed by atoms with Gasteiger partial charge < -0.3 is 56.7 Å². The maximum atomic E-state index is 15.4. The number of nitrogens with two attached hydrogens (primary N) is 1. The summed E-state index contributed by atoms with van der Waals surface area (Å²) < 4.78 is 37.7. The number of aliphatic carboxylic acids is 1. The summed E-state index contributed by atoms with van der Waals surface area (Å²) in [5.41, 5.74) is 6.29. The topological polar surface area (TPSA) is 333 Å². The van der Waals surface area contributed by atoms with E-state index in [2.05, 4.69) is 31.9 Å². The number of benzene rings is 2. The molecule has 5 rings (SSSR count). The fourth-order valence-corrected chi connectivity index (χ4v) is 8.50. The number of hydrogen-bond acceptors (Lipinski definition) is 13. The van der Waals surface area contributed by atoms with Gasteiger partial charge in [0.05, 0.1) is 24.5 Å². The zero-order chi connectivity index (χ0) is 56.0. The van der Waals surface area contributed by atoms with Gasteiger partial charge >= 0.3 is 5.97 Å². The van der Waals surface area contributed by atoms with E-state index in [-0.39, 0.29) is 44.6 Å². The summed E-state index contributed by atoms with van der Waals surface area (Å²) >= 11 is 0. The first-order valence-corrected chi connectivity index (χ1v) is 24.4. The molecular formula is C51H64F2N10O13. The molecule has 1 aromatic heterocycles. The number of aliphatic hydroxyl groups is 1. The number of nitrogens with one attached hydrogen (secondary N) is 6. The molecule has 3 unspecified atom stereocenters. The zero-order valence-corrected chi connectivity index (χ0v) is 42.6. The van der Waals surface area contributed by atoms with Gasteiger partial charge in [-0.05, 0) is 55.5 Å². The molecule has 23 nitrogen and oxygen atoms in total. The van der Waals surface area contributed by atoms with Crippen LogP contribution in [0.1, 0.15) is 77.6 Å². The highest BCUT2D eigenvalue weighted by Crippen LogP contribution is 2.41. The lowest BCUT2D eigenvalue weighted by molar-refractivity contribution is -0.141. The Balaban J connectivity index is 1.39. The zero-order valence-electron chi connectivity index (χ0n) is 42.6. The van der Waals surface area contributed by atoms with Gasteiger partial charge in [0, 0.05) is 74.2 Å². The van der Waals surface area contributed by atoms with E-state index in [1.807, 2.05) is 51.1 Å². The van der Waals surface area contributed by atoms with Gasteiger partial charge in [-0.1, -0.05) is 51.1 Å². The first kappa shape index (κ1) is 59.0. The number of carboxylic acids is 1. The Morgan fingerprint density at radius 3 is 2.11 bits per heavy atom. The van der Waals surface area contributed by atoms with Crippen LogP contribution in [0.2, 0.25) is 0 Å². The summed E-state index contributed by atoms with van der Waals surface area (Å²) in [7, 11) is 0. The van der Waals surface area contributed by atoms with Crippen molar-refractivity contribution < 1.29 is 71.7 Å². The molecule has 3 heterocycles. The Morgan fingerprint density at radius 1 is 0.829 bits per heavy atom. The minimum atomic E-state index is -1.25. The van der Waals surface area contributed by atoms with Gasteiger partial charge in [0.1, 0.15) is 49.2 Å². The van der Waals surface area contributed by atoms with Crippen LogP contribution < -0.4 is 37.6 Å². The highest BCUT2D eigenvalue weighted by molar-refractivity contribution is 6.14. The van der Waals surface area contributed by atoms with Gasteiger partial charge in [-0.2, -0.15) is 0 Å². The molecule has 9 amide bonds. The summed E-state index contributed by atoms with van der Waals surface area (Å²) in [4.78, 5) is 128. The largest absolute Gasteiger partial charge is 0.481 e. The van der Waals surface area contributed by atoms with Crippen LogP contribution in [-0.2, 0) is 59.2 Å². The number of halogens is 2. The predicted octanol–water partition coefficient (Wildman–Crippen LogP) is -0.145. The lowest BCUT2D eigenvalue weighted by Crippen LogP contribution is -2.55. The molecule has 1 fully saturated rings. The molecule has 7 atom stereocenters. The fraction of sp³-hybridized carbons (Fsp3) is 0.451. The van der Waals surface area contributed by atoms with E-state index in [4.69, 9.17) is 15.6 Å². The number of nitrogens with zero attached hydrogens (tertiary/aromatic N) is 3. The Morgan fingerprint density at radius 2 is 1.47 bits per heavy atom. The van der Waals surface area contributed by atoms with Gasteiger partial charge in [-0.15, -0.1) is 0 Å². The summed E-state index contributed by atoms with van der Waals surface area (Å²) in [5.74, 6) is -9.20. The Bertz CT molecular complexity index is 2680. The molecule has 76 heavy (non-hydrogen) atoms. The average Bonchev–Trinajstić information content (AvgIpc) is 3.93. The second-order valence-corrected chi connectivity index (χ2v) is 19.4. The van der Waals surface area contributed by atoms with Crippen LogP contribution in [0.15, 0.2) is 72.9 Å². The van der Waals surface area contributed by atoms with E-state index < -0.39 is 145 Å². The first-order chi connectivity index (χ1) is 35.9. The Kier molecular flexibility index (Phi) is 20.6. The quantitative estimate of drug-likeness (QED) is 0.0260. The van der Waals surface area contributed by atoms with Crippen LogP contribution in [-0.4, -0.2) is 153 Å². The summed E-state index contributed by atoms with van der Waals surface area (Å²) in [6, 6.07) is 8.23. The third-order valence-corrected chi connectivity index (χ3v) is 12.3. The molecule has 0 spiro atoms. The number of hydrogen-bond donors (Lipinski definition) is 9. The Labute approximate surface area is 436 Å². The summed E-state index contributed by atoms with van der Waals surface area (Å²) in [6.45, 7) is 6.30. The molecule has 0 saturated carbocycles. The van der Waals surface area contributed by atoms with Crippen LogP contribution in [0, 0.1) is 17.0 Å². The van der Waals surface area contributed by atoms with E-state index in [1.165, 1.54) is 18.7 Å². The van der Waals surface area contributed by atoms with Gasteiger partial charge in [-0.3, -0.25) is 58.2 Å². The number of primary amides is 1. The van der Waals surface area contributed by atoms with E-state index in [0.717, 1.165) is 40.8 Å². The van der Waals surface area contributed by atoms with Crippen molar-refractivity contribution in [3.05, 3.63) is 95.8 Å². The van der Waals surface area contributed by atoms with E-state index in [1.54, 1.807) is 16.8 Å². The summed E-state index contributed by atoms with van der Waals surface area (Å²) in [6.07, 6.45) is 0.116. The van der Waals surface area contributed by atoms with Crippen LogP contribution in [0.4, 0.5) is 8.78 Å². The van der Waals surface area contributed by atoms with Crippen LogP contribution >= 0.6 is 0 Å². The highest BCUT2D eigenvalue weighted by atomic mass is 19.1. The molecule has 10 N–H and O–H groups in total. The Hall–Kier alpha value is -7.90. The molecule has 2 aliphatic rings. The molecule has 0 aliphatic carbocycles. The normalized spacial score (nSPS) is 16.9. The van der Waals surface area contributed by atoms with Crippen molar-refractivity contribution in [1.29, 1.82) is 0 Å². The van der Waals surface area contributed by atoms with Crippen molar-refractivity contribution in [2.24, 2.45) is 11.1 Å². The van der Waals surface area contributed by atoms with Crippen molar-refractivity contribution in [3.63, 3.8) is 0 Å². The van der Waals surface area contributed by atoms with Crippen molar-refractivity contribution in [1.82, 2.24) is 46.3 Å². The third kappa shape index (κ3) is 16.8. The van der Waals surface area contributed by atoms with E-state index >= 15 is 4.39 Å². The lowest BCUT2D eigenvalue weighted by atomic mass is 9.82. The van der Waals surface area contributed by atoms with E-state index in [0.29, 0.717) is 11.3 Å². The number of aliphatic hydroxyl groups excluding tert-OH is 1. The molecule has 1 saturated heterocycles. The number of rotatable bonds is 28. The molecule has 2 aliphatic heterocycles. The van der Waals surface area contributed by atoms with Crippen molar-refractivity contribution in [2.45, 2.75) is 109 Å². The third-order valence-electron chi connectivity index (χ3n) is 12.3. The lowest BCUT2D eigenvalue weighted by Gasteiger charge is -2.41. The minimum Gasteiger partial charge on any atom is -0.481 e. The number of carbonyl (C=O) groups excluding carboxylic acids is 9. The monoisotopic (exact) mass is 1060 g/mol. The molecule has 2 aromatic carbocycles. The molecule has 0 bridgehead atoms. The standard InChI is InChI=1S/C51H64F2N10O13/c1-28(57-39(66)13-16-44(71)72)47(73)58-29(2)48(74)59-36(23-38(54)65)45-50(76-45)60-35(49(75)56-19-18-55-40(67)26-63-41(68)14-15-42(63)69)17-20-62(43(70)27-64)46(51(3,4)5)37-21-31(33-22-32(52)11-12-34(33)53)25-61(37)24-30-9-7-6-8-10-30/h6-12,14-15,21-22,25,28-29,35-36,45-46,50,60,64H,13,16-20,23-24,26-27H2,1-5H3,(H2,54,65)(H,55,67)(H,56,75)(H,57,66)(H,58,73)(H,59,74)(H,71,72)/t28-,29?,35-,36-,45?,46-,50?/m0/s1. The number of amides is 9. The second kappa shape index (κ2) is 26.5. The molecule has 25 heteroatoms. The number of aromatic nitrogens is 1. The van der Waals surface area contributed by atoms with Crippen molar-refractivity contribution >= 4 is 59.1 Å². The SMILES string of the molecule is CC(NC(=O)[C@H](C)NC(=O)CCC(=O)O)C(=O)N[C@@H](CC(N)=O)C1OC1N[C@@H](CCN(C(=O)CO)[C@@H](c1cc(-c2cc(F)ccc2F)cn1Cc1ccccc1)C(C)(C)C)C(=O)NCCNC(=O)CN1C(=O)C=CC1=O. The predicted molar refractivity (Wildman–Crippen MR) is 266 cm³/mol. The maximum Gasteiger partial charge on any atom is 0.303 e. The van der Waals surface area contributed by atoms with Crippen LogP contribution in [0.5, 0.6) is 0 Å². The van der Waals surface area contributed by atoms with Gasteiger partial charge in [-0.25, -0.2) is 8.78 Å². The first-order valence-electron chi connectivity index (χ1n) is 24.4. The van der Waals surface area contributed by atoms with Crippen molar-refractivity contribution in [2.75, 3.05) is 32.8 Å². The fourth-order valence-electron chi connectivity index (χ4n) is 8.50. The molecule has 3 aromatic rings. The van der Waals surface area contributed by atoms with Crippen LogP contribution in [0.25, 0.3) is 11.1 Å². The number of ether oxygens (including phenoxy) is 1. The summed E-state index contributed by atoms with van der Waals surface area (Å²) in [5, 5.41) is 35.0. The second-order valence-electron chi connectivity index (χ2n) is 19.4. The maximum absolute atomic E-state index is 15.4. The molecule has 0 radical (unpaired) electrons. The number of imide groups is 1. The molecular weight excluding hydrogens is 999 g/mol. The van der Waals surface area contributed by atoms with Crippen LogP contribution in [0.3, 0.4) is 0 Å². The van der Waals surface area contributed by atoms with Gasteiger partial charge in [0.15, 0.2) is 0 Å². The van der Waals surface area contributed by atoms with Gasteiger partial charge in [0.25, 0.3) is 11.8 Å². The molecule has 410 valence electrons. The van der Waals surface area contributed by atoms with E-state index in [9.17, 15) is 57.4 Å². The number of carboxylic acid groups (broad SMARTS) is 1. The van der Waals surface area contributed by atoms with Crippen molar-refractivity contribution in [3.8, 4) is 11.1 Å². The van der Waals surface area contributed by atoms with Gasteiger partial charge in [0.2, 0.25) is 41.4 Å². The number of epoxide rings is 1. The average molecular weight is 1060 g/mol. The smallest absolute Gasteiger partial charge is 0.303 e. The number of carbonyl (C=O) groups is 10.